The zero-order chi connectivity index (χ0) is 14.0. The standard InChI is InChI=1S/C12H8Cl2N2O3/c13-6-3-4-7(14)10(9(6)12(18)19)16-11(17)8-2-1-5-15-8/h1-5,15H,(H,16,17)(H,18,19). The summed E-state index contributed by atoms with van der Waals surface area (Å²) in [6, 6.07) is 5.97. The third kappa shape index (κ3) is 2.72. The van der Waals surface area contributed by atoms with Crippen LogP contribution in [0.4, 0.5) is 5.69 Å². The minimum atomic E-state index is -1.27. The first-order chi connectivity index (χ1) is 9.00. The maximum absolute atomic E-state index is 11.9. The molecule has 0 saturated heterocycles. The van der Waals surface area contributed by atoms with Crippen LogP contribution in [0.1, 0.15) is 20.8 Å². The Morgan fingerprint density at radius 3 is 2.42 bits per heavy atom. The van der Waals surface area contributed by atoms with Gasteiger partial charge in [0.15, 0.2) is 0 Å². The molecule has 19 heavy (non-hydrogen) atoms. The lowest BCUT2D eigenvalue weighted by Crippen LogP contribution is -2.16. The van der Waals surface area contributed by atoms with Crippen LogP contribution in [0.15, 0.2) is 30.5 Å². The Hall–Kier alpha value is -1.98. The molecule has 98 valence electrons. The predicted molar refractivity (Wildman–Crippen MR) is 72.2 cm³/mol. The summed E-state index contributed by atoms with van der Waals surface area (Å²) in [6.45, 7) is 0. The quantitative estimate of drug-likeness (QED) is 0.813. The topological polar surface area (TPSA) is 82.2 Å². The number of anilines is 1. The van der Waals surface area contributed by atoms with Crippen molar-refractivity contribution in [1.82, 2.24) is 4.98 Å². The van der Waals surface area contributed by atoms with Crippen molar-refractivity contribution in [2.24, 2.45) is 0 Å². The van der Waals surface area contributed by atoms with Crippen LogP contribution < -0.4 is 5.32 Å². The highest BCUT2D eigenvalue weighted by Gasteiger charge is 2.20. The van der Waals surface area contributed by atoms with Crippen LogP contribution >= 0.6 is 23.2 Å². The van der Waals surface area contributed by atoms with Crippen LogP contribution in [0.2, 0.25) is 10.0 Å². The molecule has 0 spiro atoms. The number of aromatic amines is 1. The largest absolute Gasteiger partial charge is 0.478 e. The van der Waals surface area contributed by atoms with Gasteiger partial charge in [0.2, 0.25) is 0 Å². The molecule has 1 heterocycles. The monoisotopic (exact) mass is 298 g/mol. The highest BCUT2D eigenvalue weighted by molar-refractivity contribution is 6.38. The Balaban J connectivity index is 2.42. The number of carbonyl (C=O) groups is 2. The number of benzene rings is 1. The van der Waals surface area contributed by atoms with Crippen LogP contribution in [-0.2, 0) is 0 Å². The highest BCUT2D eigenvalue weighted by atomic mass is 35.5. The molecular formula is C12H8Cl2N2O3. The SMILES string of the molecule is O=C(Nc1c(Cl)ccc(Cl)c1C(=O)O)c1ccc[nH]1. The molecule has 2 aromatic rings. The lowest BCUT2D eigenvalue weighted by atomic mass is 10.1. The molecule has 3 N–H and O–H groups in total. The predicted octanol–water partition coefficient (Wildman–Crippen LogP) is 3.27. The Bertz CT molecular complexity index is 639. The van der Waals surface area contributed by atoms with E-state index in [-0.39, 0.29) is 27.0 Å². The van der Waals surface area contributed by atoms with Gasteiger partial charge < -0.3 is 15.4 Å². The van der Waals surface area contributed by atoms with Gasteiger partial charge in [-0.2, -0.15) is 0 Å². The van der Waals surface area contributed by atoms with Gasteiger partial charge in [0, 0.05) is 6.20 Å². The lowest BCUT2D eigenvalue weighted by molar-refractivity contribution is 0.0698. The fourth-order valence-corrected chi connectivity index (χ4v) is 1.98. The van der Waals surface area contributed by atoms with Crippen molar-refractivity contribution in [2.45, 2.75) is 0 Å². The van der Waals surface area contributed by atoms with E-state index >= 15 is 0 Å². The average molecular weight is 299 g/mol. The molecule has 0 fully saturated rings. The number of rotatable bonds is 3. The summed E-state index contributed by atoms with van der Waals surface area (Å²) >= 11 is 11.7. The Morgan fingerprint density at radius 1 is 1.16 bits per heavy atom. The van der Waals surface area contributed by atoms with Gasteiger partial charge in [0.05, 0.1) is 15.7 Å². The van der Waals surface area contributed by atoms with E-state index in [0.29, 0.717) is 0 Å². The van der Waals surface area contributed by atoms with Gasteiger partial charge in [0.1, 0.15) is 11.3 Å². The number of hydrogen-bond donors (Lipinski definition) is 3. The zero-order valence-corrected chi connectivity index (χ0v) is 10.9. The summed E-state index contributed by atoms with van der Waals surface area (Å²) in [5.74, 6) is -1.77. The number of carboxylic acid groups (broad SMARTS) is 1. The van der Waals surface area contributed by atoms with Gasteiger partial charge in [-0.1, -0.05) is 23.2 Å². The van der Waals surface area contributed by atoms with Gasteiger partial charge in [-0.15, -0.1) is 0 Å². The number of nitrogens with one attached hydrogen (secondary N) is 2. The van der Waals surface area contributed by atoms with Crippen molar-refractivity contribution in [3.63, 3.8) is 0 Å². The van der Waals surface area contributed by atoms with E-state index < -0.39 is 11.9 Å². The second-order valence-corrected chi connectivity index (χ2v) is 4.44. The van der Waals surface area contributed by atoms with Crippen LogP contribution in [0.5, 0.6) is 0 Å². The van der Waals surface area contributed by atoms with E-state index in [0.717, 1.165) is 0 Å². The van der Waals surface area contributed by atoms with Crippen molar-refractivity contribution in [3.05, 3.63) is 51.8 Å². The summed E-state index contributed by atoms with van der Waals surface area (Å²) in [6.07, 6.45) is 1.58. The number of amides is 1. The van der Waals surface area contributed by atoms with E-state index in [2.05, 4.69) is 10.3 Å². The van der Waals surface area contributed by atoms with Crippen molar-refractivity contribution < 1.29 is 14.7 Å². The molecule has 5 nitrogen and oxygen atoms in total. The van der Waals surface area contributed by atoms with Gasteiger partial charge in [0.25, 0.3) is 5.91 Å². The fraction of sp³-hybridized carbons (Fsp3) is 0. The van der Waals surface area contributed by atoms with Crippen molar-refractivity contribution >= 4 is 40.8 Å². The van der Waals surface area contributed by atoms with Crippen molar-refractivity contribution in [2.75, 3.05) is 5.32 Å². The summed E-state index contributed by atoms with van der Waals surface area (Å²) in [5.41, 5.74) is 0.0164. The maximum atomic E-state index is 11.9. The molecule has 0 unspecified atom stereocenters. The van der Waals surface area contributed by atoms with Crippen LogP contribution in [-0.4, -0.2) is 22.0 Å². The smallest absolute Gasteiger partial charge is 0.339 e. The zero-order valence-electron chi connectivity index (χ0n) is 9.41. The molecule has 0 atom stereocenters. The van der Waals surface area contributed by atoms with Crippen LogP contribution in [0.25, 0.3) is 0 Å². The number of hydrogen-bond acceptors (Lipinski definition) is 2. The van der Waals surface area contributed by atoms with E-state index in [4.69, 9.17) is 28.3 Å². The number of carbonyl (C=O) groups excluding carboxylic acids is 1. The number of aromatic nitrogens is 1. The molecule has 1 aromatic heterocycles. The molecule has 2 rings (SSSR count). The first kappa shape index (κ1) is 13.5. The van der Waals surface area contributed by atoms with Gasteiger partial charge in [-0.3, -0.25) is 4.79 Å². The Labute approximate surface area is 118 Å². The fourth-order valence-electron chi connectivity index (χ4n) is 1.54. The second-order valence-electron chi connectivity index (χ2n) is 3.62. The van der Waals surface area contributed by atoms with Gasteiger partial charge >= 0.3 is 5.97 Å². The van der Waals surface area contributed by atoms with E-state index in [1.807, 2.05) is 0 Å². The number of H-pyrrole nitrogens is 1. The second kappa shape index (κ2) is 5.34. The molecule has 0 saturated carbocycles. The molecule has 7 heteroatoms. The minimum Gasteiger partial charge on any atom is -0.478 e. The molecule has 0 radical (unpaired) electrons. The molecule has 0 aliphatic carbocycles. The first-order valence-corrected chi connectivity index (χ1v) is 5.92. The van der Waals surface area contributed by atoms with E-state index in [1.165, 1.54) is 12.1 Å². The summed E-state index contributed by atoms with van der Waals surface area (Å²) in [5, 5.41) is 11.6. The van der Waals surface area contributed by atoms with E-state index in [1.54, 1.807) is 18.3 Å². The average Bonchev–Trinajstić information content (AvgIpc) is 2.87. The summed E-state index contributed by atoms with van der Waals surface area (Å²) in [4.78, 5) is 25.7. The molecule has 0 bridgehead atoms. The maximum Gasteiger partial charge on any atom is 0.339 e. The summed E-state index contributed by atoms with van der Waals surface area (Å²) in [7, 11) is 0. The third-order valence-electron chi connectivity index (χ3n) is 2.40. The molecule has 1 aromatic carbocycles. The van der Waals surface area contributed by atoms with Gasteiger partial charge in [-0.25, -0.2) is 4.79 Å². The lowest BCUT2D eigenvalue weighted by Gasteiger charge is -2.11. The van der Waals surface area contributed by atoms with Crippen molar-refractivity contribution in [1.29, 1.82) is 0 Å². The van der Waals surface area contributed by atoms with Crippen LogP contribution in [0.3, 0.4) is 0 Å². The number of carboxylic acids is 1. The number of aromatic carboxylic acids is 1. The van der Waals surface area contributed by atoms with Crippen molar-refractivity contribution in [3.8, 4) is 0 Å². The summed E-state index contributed by atoms with van der Waals surface area (Å²) < 4.78 is 0. The van der Waals surface area contributed by atoms with Gasteiger partial charge in [-0.05, 0) is 24.3 Å². The third-order valence-corrected chi connectivity index (χ3v) is 3.03. The molecule has 1 amide bonds. The molecule has 0 aliphatic heterocycles. The minimum absolute atomic E-state index is 0.00122. The molecule has 0 aliphatic rings. The number of halogens is 2. The Morgan fingerprint density at radius 2 is 1.84 bits per heavy atom. The first-order valence-electron chi connectivity index (χ1n) is 5.16. The van der Waals surface area contributed by atoms with Crippen LogP contribution in [0, 0.1) is 0 Å². The Kier molecular flexibility index (Phi) is 3.78. The highest BCUT2D eigenvalue weighted by Crippen LogP contribution is 2.32. The normalized spacial score (nSPS) is 10.2. The molecular weight excluding hydrogens is 291 g/mol. The van der Waals surface area contributed by atoms with E-state index in [9.17, 15) is 9.59 Å².